The molecule has 2 fully saturated rings. The average molecular weight is 344 g/mol. The van der Waals surface area contributed by atoms with Crippen molar-refractivity contribution in [2.24, 2.45) is 0 Å². The van der Waals surface area contributed by atoms with Gasteiger partial charge in [0, 0.05) is 37.7 Å². The van der Waals surface area contributed by atoms with E-state index in [2.05, 4.69) is 5.32 Å². The van der Waals surface area contributed by atoms with Crippen molar-refractivity contribution < 1.29 is 8.42 Å². The summed E-state index contributed by atoms with van der Waals surface area (Å²) in [4.78, 5) is 0. The van der Waals surface area contributed by atoms with Crippen LogP contribution in [0.2, 0.25) is 5.02 Å². The summed E-state index contributed by atoms with van der Waals surface area (Å²) >= 11 is 6.08. The molecule has 2 saturated heterocycles. The second-order valence-electron chi connectivity index (χ2n) is 5.85. The maximum absolute atomic E-state index is 13.0. The van der Waals surface area contributed by atoms with E-state index in [1.54, 1.807) is 8.61 Å². The van der Waals surface area contributed by atoms with Crippen molar-refractivity contribution in [3.63, 3.8) is 0 Å². The van der Waals surface area contributed by atoms with E-state index < -0.39 is 10.2 Å². The van der Waals surface area contributed by atoms with Crippen LogP contribution in [0.25, 0.3) is 0 Å². The highest BCUT2D eigenvalue weighted by Gasteiger charge is 2.37. The minimum absolute atomic E-state index is 0.195. The third-order valence-corrected chi connectivity index (χ3v) is 6.65. The van der Waals surface area contributed by atoms with Crippen LogP contribution in [0.15, 0.2) is 24.3 Å². The number of halogens is 1. The Labute approximate surface area is 137 Å². The van der Waals surface area contributed by atoms with Gasteiger partial charge in [-0.25, -0.2) is 0 Å². The molecule has 0 aliphatic carbocycles. The SMILES string of the molecule is O=S(=O)(N1CCCCC1)N1CCNCC1c1cccc(Cl)c1. The predicted octanol–water partition coefficient (Wildman–Crippen LogP) is 2.02. The van der Waals surface area contributed by atoms with Crippen molar-refractivity contribution in [1.29, 1.82) is 0 Å². The summed E-state index contributed by atoms with van der Waals surface area (Å²) in [5.41, 5.74) is 0.945. The van der Waals surface area contributed by atoms with Gasteiger partial charge in [-0.3, -0.25) is 0 Å². The molecule has 2 heterocycles. The third-order valence-electron chi connectivity index (χ3n) is 4.37. The quantitative estimate of drug-likeness (QED) is 0.913. The zero-order valence-corrected chi connectivity index (χ0v) is 14.1. The zero-order valence-electron chi connectivity index (χ0n) is 12.5. The monoisotopic (exact) mass is 343 g/mol. The Kier molecular flexibility index (Phi) is 5.04. The van der Waals surface area contributed by atoms with Crippen LogP contribution in [-0.2, 0) is 10.2 Å². The van der Waals surface area contributed by atoms with Gasteiger partial charge in [-0.15, -0.1) is 0 Å². The summed E-state index contributed by atoms with van der Waals surface area (Å²) < 4.78 is 29.3. The maximum Gasteiger partial charge on any atom is 0.282 e. The van der Waals surface area contributed by atoms with Gasteiger partial charge < -0.3 is 5.32 Å². The molecule has 2 aliphatic heterocycles. The number of hydrogen-bond donors (Lipinski definition) is 1. The fraction of sp³-hybridized carbons (Fsp3) is 0.600. The van der Waals surface area contributed by atoms with Crippen molar-refractivity contribution in [3.8, 4) is 0 Å². The fourth-order valence-electron chi connectivity index (χ4n) is 3.20. The van der Waals surface area contributed by atoms with Crippen LogP contribution in [-0.4, -0.2) is 49.8 Å². The molecule has 1 N–H and O–H groups in total. The highest BCUT2D eigenvalue weighted by Crippen LogP contribution is 2.29. The van der Waals surface area contributed by atoms with Crippen LogP contribution in [0.5, 0.6) is 0 Å². The second-order valence-corrected chi connectivity index (χ2v) is 8.17. The molecule has 22 heavy (non-hydrogen) atoms. The zero-order chi connectivity index (χ0) is 15.6. The van der Waals surface area contributed by atoms with Crippen LogP contribution in [0.1, 0.15) is 30.9 Å². The number of piperazine rings is 1. The number of piperidine rings is 1. The largest absolute Gasteiger partial charge is 0.313 e. The van der Waals surface area contributed by atoms with Gasteiger partial charge in [-0.2, -0.15) is 17.0 Å². The van der Waals surface area contributed by atoms with Gasteiger partial charge >= 0.3 is 0 Å². The summed E-state index contributed by atoms with van der Waals surface area (Å²) in [6.07, 6.45) is 3.02. The molecule has 2 aliphatic rings. The molecule has 1 aromatic rings. The van der Waals surface area contributed by atoms with Crippen molar-refractivity contribution >= 4 is 21.8 Å². The van der Waals surface area contributed by atoms with Crippen LogP contribution in [0, 0.1) is 0 Å². The molecule has 0 spiro atoms. The van der Waals surface area contributed by atoms with Crippen LogP contribution in [0.4, 0.5) is 0 Å². The normalized spacial score (nSPS) is 25.2. The topological polar surface area (TPSA) is 52.7 Å². The number of nitrogens with one attached hydrogen (secondary N) is 1. The molecule has 0 saturated carbocycles. The Balaban J connectivity index is 1.88. The van der Waals surface area contributed by atoms with Crippen molar-refractivity contribution in [3.05, 3.63) is 34.9 Å². The van der Waals surface area contributed by atoms with Crippen LogP contribution < -0.4 is 5.32 Å². The van der Waals surface area contributed by atoms with E-state index in [0.29, 0.717) is 37.7 Å². The van der Waals surface area contributed by atoms with E-state index in [1.165, 1.54) is 0 Å². The van der Waals surface area contributed by atoms with Crippen LogP contribution in [0.3, 0.4) is 0 Å². The molecule has 0 aromatic heterocycles. The lowest BCUT2D eigenvalue weighted by Crippen LogP contribution is -2.54. The Bertz CT molecular complexity index is 617. The molecule has 122 valence electrons. The lowest BCUT2D eigenvalue weighted by Gasteiger charge is -2.39. The van der Waals surface area contributed by atoms with E-state index in [4.69, 9.17) is 11.6 Å². The summed E-state index contributed by atoms with van der Waals surface area (Å²) in [6.45, 7) is 3.07. The molecule has 0 amide bonds. The highest BCUT2D eigenvalue weighted by molar-refractivity contribution is 7.86. The molecule has 1 aromatic carbocycles. The van der Waals surface area contributed by atoms with Gasteiger partial charge in [0.25, 0.3) is 10.2 Å². The van der Waals surface area contributed by atoms with Gasteiger partial charge in [-0.1, -0.05) is 30.2 Å². The minimum atomic E-state index is -3.41. The molecular weight excluding hydrogens is 322 g/mol. The summed E-state index contributed by atoms with van der Waals surface area (Å²) in [5.74, 6) is 0. The lowest BCUT2D eigenvalue weighted by molar-refractivity contribution is 0.237. The third kappa shape index (κ3) is 3.31. The Morgan fingerprint density at radius 2 is 1.91 bits per heavy atom. The summed E-state index contributed by atoms with van der Waals surface area (Å²) in [6, 6.07) is 7.29. The van der Waals surface area contributed by atoms with Crippen molar-refractivity contribution in [2.45, 2.75) is 25.3 Å². The Morgan fingerprint density at radius 1 is 1.14 bits per heavy atom. The van der Waals surface area contributed by atoms with Crippen LogP contribution >= 0.6 is 11.6 Å². The van der Waals surface area contributed by atoms with E-state index in [1.807, 2.05) is 24.3 Å². The first kappa shape index (κ1) is 16.2. The molecule has 1 unspecified atom stereocenters. The molecule has 3 rings (SSSR count). The Morgan fingerprint density at radius 3 is 2.64 bits per heavy atom. The van der Waals surface area contributed by atoms with Gasteiger partial charge in [0.05, 0.1) is 6.04 Å². The number of hydrogen-bond acceptors (Lipinski definition) is 3. The van der Waals surface area contributed by atoms with E-state index in [9.17, 15) is 8.42 Å². The average Bonchev–Trinajstić information content (AvgIpc) is 2.56. The Hall–Kier alpha value is -0.660. The van der Waals surface area contributed by atoms with Gasteiger partial charge in [0.15, 0.2) is 0 Å². The van der Waals surface area contributed by atoms with Gasteiger partial charge in [0.1, 0.15) is 0 Å². The van der Waals surface area contributed by atoms with Gasteiger partial charge in [0.2, 0.25) is 0 Å². The number of benzene rings is 1. The second kappa shape index (κ2) is 6.84. The smallest absolute Gasteiger partial charge is 0.282 e. The first-order chi connectivity index (χ1) is 10.6. The first-order valence-electron chi connectivity index (χ1n) is 7.82. The molecular formula is C15H22ClN3O2S. The standard InChI is InChI=1S/C15H22ClN3O2S/c16-14-6-4-5-13(11-14)15-12-17-7-10-19(15)22(20,21)18-8-2-1-3-9-18/h4-6,11,15,17H,1-3,7-10,12H2. The van der Waals surface area contributed by atoms with E-state index in [0.717, 1.165) is 24.8 Å². The van der Waals surface area contributed by atoms with Crippen molar-refractivity contribution in [1.82, 2.24) is 13.9 Å². The van der Waals surface area contributed by atoms with E-state index >= 15 is 0 Å². The fourth-order valence-corrected chi connectivity index (χ4v) is 5.26. The molecule has 5 nitrogen and oxygen atoms in total. The summed E-state index contributed by atoms with van der Waals surface area (Å²) in [7, 11) is -3.41. The van der Waals surface area contributed by atoms with Crippen molar-refractivity contribution in [2.75, 3.05) is 32.7 Å². The first-order valence-corrected chi connectivity index (χ1v) is 9.59. The van der Waals surface area contributed by atoms with E-state index in [-0.39, 0.29) is 6.04 Å². The number of rotatable bonds is 3. The molecule has 7 heteroatoms. The molecule has 0 bridgehead atoms. The summed E-state index contributed by atoms with van der Waals surface area (Å²) in [5, 5.41) is 3.93. The molecule has 1 atom stereocenters. The minimum Gasteiger partial charge on any atom is -0.313 e. The lowest BCUT2D eigenvalue weighted by atomic mass is 10.1. The molecule has 0 radical (unpaired) electrons. The highest BCUT2D eigenvalue weighted by atomic mass is 35.5. The predicted molar refractivity (Wildman–Crippen MR) is 88.1 cm³/mol. The van der Waals surface area contributed by atoms with Gasteiger partial charge in [-0.05, 0) is 30.5 Å². The maximum atomic E-state index is 13.0. The number of nitrogens with zero attached hydrogens (tertiary/aromatic N) is 2.